The Morgan fingerprint density at radius 2 is 0.849 bits per heavy atom. The third-order valence-electron chi connectivity index (χ3n) is 11.3. The number of phenols is 1. The molecular weight excluding hydrogens is 645 g/mol. The maximum atomic E-state index is 10.3. The van der Waals surface area contributed by atoms with E-state index in [1.165, 1.54) is 50.1 Å². The highest BCUT2D eigenvalue weighted by Crippen LogP contribution is 2.58. The molecule has 0 fully saturated rings. The van der Waals surface area contributed by atoms with Crippen LogP contribution in [0.3, 0.4) is 0 Å². The maximum absolute atomic E-state index is 10.3. The van der Waals surface area contributed by atoms with Crippen molar-refractivity contribution in [2.24, 2.45) is 0 Å². The van der Waals surface area contributed by atoms with E-state index in [2.05, 4.69) is 164 Å². The van der Waals surface area contributed by atoms with Crippen molar-refractivity contribution in [2.75, 3.05) is 0 Å². The predicted octanol–water partition coefficient (Wildman–Crippen LogP) is 12.3. The van der Waals surface area contributed by atoms with E-state index >= 15 is 0 Å². The summed E-state index contributed by atoms with van der Waals surface area (Å²) in [6, 6.07) is 60.3. The van der Waals surface area contributed by atoms with Crippen LogP contribution in [0.25, 0.3) is 33.4 Å². The second kappa shape index (κ2) is 12.5. The Hall–Kier alpha value is -6.64. The average Bonchev–Trinajstić information content (AvgIpc) is 3.68. The van der Waals surface area contributed by atoms with E-state index in [0.29, 0.717) is 0 Å². The number of phenolic OH excluding ortho intramolecular Hbond substituents is 1. The van der Waals surface area contributed by atoms with Crippen LogP contribution < -0.4 is 0 Å². The summed E-state index contributed by atoms with van der Waals surface area (Å²) in [5.74, 6) is 0.499. The summed E-state index contributed by atoms with van der Waals surface area (Å²) in [5, 5.41) is 20.5. The Bertz CT molecular complexity index is 2490. The van der Waals surface area contributed by atoms with Crippen LogP contribution in [0.1, 0.15) is 45.9 Å². The molecule has 0 unspecified atom stereocenters. The van der Waals surface area contributed by atoms with Gasteiger partial charge in [-0.3, -0.25) is 0 Å². The third kappa shape index (κ3) is 4.72. The van der Waals surface area contributed by atoms with Gasteiger partial charge >= 0.3 is 0 Å². The van der Waals surface area contributed by atoms with Crippen LogP contribution in [0, 0.1) is 0 Å². The Labute approximate surface area is 311 Å². The van der Waals surface area contributed by atoms with Gasteiger partial charge in [0.05, 0.1) is 16.6 Å². The molecule has 0 radical (unpaired) electrons. The summed E-state index contributed by atoms with van der Waals surface area (Å²) in [6.45, 7) is 5.97. The molecule has 0 aromatic heterocycles. The molecule has 7 aromatic carbocycles. The largest absolute Gasteiger partial charge is 0.513 e. The molecule has 0 saturated carbocycles. The number of aliphatic hydroxyl groups is 1. The zero-order valence-corrected chi connectivity index (χ0v) is 29.5. The van der Waals surface area contributed by atoms with Crippen LogP contribution in [0.2, 0.25) is 0 Å². The van der Waals surface area contributed by atoms with Gasteiger partial charge in [-0.2, -0.15) is 0 Å². The highest BCUT2D eigenvalue weighted by atomic mass is 16.3. The first-order valence-electron chi connectivity index (χ1n) is 18.1. The topological polar surface area (TPSA) is 40.5 Å². The van der Waals surface area contributed by atoms with Crippen LogP contribution in [0.15, 0.2) is 206 Å². The maximum Gasteiger partial charge on any atom is 0.115 e. The Balaban J connectivity index is 1.18. The lowest BCUT2D eigenvalue weighted by molar-refractivity contribution is 0.414. The molecule has 0 atom stereocenters. The van der Waals surface area contributed by atoms with Crippen molar-refractivity contribution in [2.45, 2.75) is 17.8 Å². The molecule has 254 valence electrons. The SMILES string of the molecule is C=C/C(=C\C=C(/C)O)C1(c2ccc(-c3ccc(C4(c5ccc(O)cc5)c5ccccc5-c5ccccc54)cc3)cc2)c2ccccc2-c2ccccc21. The minimum absolute atomic E-state index is 0.245. The van der Waals surface area contributed by atoms with E-state index in [1.807, 2.05) is 12.2 Å². The van der Waals surface area contributed by atoms with Crippen molar-refractivity contribution in [1.82, 2.24) is 0 Å². The lowest BCUT2D eigenvalue weighted by Gasteiger charge is -2.35. The van der Waals surface area contributed by atoms with Crippen LogP contribution in [-0.2, 0) is 10.8 Å². The number of aliphatic hydroxyl groups excluding tert-OH is 1. The van der Waals surface area contributed by atoms with Gasteiger partial charge in [-0.05, 0) is 103 Å². The third-order valence-corrected chi connectivity index (χ3v) is 11.3. The van der Waals surface area contributed by atoms with Crippen LogP contribution in [0.4, 0.5) is 0 Å². The first-order valence-corrected chi connectivity index (χ1v) is 18.1. The van der Waals surface area contributed by atoms with Crippen molar-refractivity contribution in [1.29, 1.82) is 0 Å². The smallest absolute Gasteiger partial charge is 0.115 e. The summed E-state index contributed by atoms with van der Waals surface area (Å²) >= 11 is 0. The standard InChI is InChI=1S/C51H38O2/c1-3-37(25-20-34(2)52)50(46-16-8-4-12-42(46)43-13-5-9-17-47(43)50)38-26-21-35(22-27-38)36-23-28-39(29-24-36)51(40-30-32-41(53)33-31-40)48-18-10-6-14-44(48)45-15-7-11-19-49(45)51/h3-33,52-53H,1H2,2H3/b34-20+,37-25+. The number of benzene rings is 7. The number of hydrogen-bond donors (Lipinski definition) is 2. The van der Waals surface area contributed by atoms with E-state index in [-0.39, 0.29) is 11.5 Å². The average molecular weight is 683 g/mol. The summed E-state index contributed by atoms with van der Waals surface area (Å²) < 4.78 is 0. The van der Waals surface area contributed by atoms with E-state index < -0.39 is 10.8 Å². The lowest BCUT2D eigenvalue weighted by Crippen LogP contribution is -2.29. The molecule has 0 aliphatic heterocycles. The predicted molar refractivity (Wildman–Crippen MR) is 217 cm³/mol. The van der Waals surface area contributed by atoms with Crippen molar-refractivity contribution in [3.63, 3.8) is 0 Å². The fraction of sp³-hybridized carbons (Fsp3) is 0.0588. The number of aromatic hydroxyl groups is 1. The van der Waals surface area contributed by atoms with Crippen LogP contribution in [0.5, 0.6) is 5.75 Å². The van der Waals surface area contributed by atoms with Crippen molar-refractivity contribution < 1.29 is 10.2 Å². The van der Waals surface area contributed by atoms with Gasteiger partial charge < -0.3 is 10.2 Å². The molecule has 0 amide bonds. The van der Waals surface area contributed by atoms with Gasteiger partial charge in [0.15, 0.2) is 0 Å². The number of hydrogen-bond acceptors (Lipinski definition) is 2. The minimum Gasteiger partial charge on any atom is -0.513 e. The fourth-order valence-corrected chi connectivity index (χ4v) is 9.14. The molecule has 0 bridgehead atoms. The molecule has 0 saturated heterocycles. The number of rotatable bonds is 7. The number of fused-ring (bicyclic) bond motifs is 6. The fourth-order valence-electron chi connectivity index (χ4n) is 9.14. The highest BCUT2D eigenvalue weighted by Gasteiger charge is 2.47. The van der Waals surface area contributed by atoms with Crippen molar-refractivity contribution >= 4 is 0 Å². The van der Waals surface area contributed by atoms with Gasteiger partial charge in [-0.1, -0.05) is 176 Å². The molecular formula is C51H38O2. The van der Waals surface area contributed by atoms with Gasteiger partial charge in [0.2, 0.25) is 0 Å². The summed E-state index contributed by atoms with van der Waals surface area (Å²) in [6.07, 6.45) is 5.68. The zero-order chi connectivity index (χ0) is 36.2. The normalized spacial score (nSPS) is 14.9. The molecule has 0 heterocycles. The summed E-state index contributed by atoms with van der Waals surface area (Å²) in [5.41, 5.74) is 15.3. The first kappa shape index (κ1) is 32.3. The van der Waals surface area contributed by atoms with E-state index in [0.717, 1.165) is 27.8 Å². The van der Waals surface area contributed by atoms with E-state index in [4.69, 9.17) is 0 Å². The van der Waals surface area contributed by atoms with Gasteiger partial charge in [0.1, 0.15) is 5.75 Å². The van der Waals surface area contributed by atoms with E-state index in [9.17, 15) is 10.2 Å². The monoisotopic (exact) mass is 682 g/mol. The number of allylic oxidation sites excluding steroid dienone is 5. The second-order valence-corrected chi connectivity index (χ2v) is 14.0. The molecule has 2 aliphatic carbocycles. The molecule has 2 aliphatic rings. The Kier molecular flexibility index (Phi) is 7.64. The first-order chi connectivity index (χ1) is 26.0. The van der Waals surface area contributed by atoms with Crippen LogP contribution >= 0.6 is 0 Å². The summed E-state index contributed by atoms with van der Waals surface area (Å²) in [7, 11) is 0. The van der Waals surface area contributed by atoms with E-state index in [1.54, 1.807) is 25.1 Å². The van der Waals surface area contributed by atoms with Crippen LogP contribution in [-0.4, -0.2) is 10.2 Å². The molecule has 2 N–H and O–H groups in total. The summed E-state index contributed by atoms with van der Waals surface area (Å²) in [4.78, 5) is 0. The minimum atomic E-state index is -0.608. The molecule has 0 spiro atoms. The van der Waals surface area contributed by atoms with Gasteiger partial charge in [0.25, 0.3) is 0 Å². The Morgan fingerprint density at radius 3 is 1.28 bits per heavy atom. The molecule has 2 heteroatoms. The van der Waals surface area contributed by atoms with Gasteiger partial charge in [-0.15, -0.1) is 0 Å². The Morgan fingerprint density at radius 1 is 0.472 bits per heavy atom. The molecule has 9 rings (SSSR count). The quantitative estimate of drug-likeness (QED) is 0.130. The van der Waals surface area contributed by atoms with Gasteiger partial charge in [0, 0.05) is 0 Å². The van der Waals surface area contributed by atoms with Crippen molar-refractivity contribution in [3.8, 4) is 39.1 Å². The molecule has 7 aromatic rings. The molecule has 2 nitrogen and oxygen atoms in total. The molecule has 53 heavy (non-hydrogen) atoms. The lowest BCUT2D eigenvalue weighted by atomic mass is 9.66. The van der Waals surface area contributed by atoms with Gasteiger partial charge in [-0.25, -0.2) is 0 Å². The zero-order valence-electron chi connectivity index (χ0n) is 29.5. The van der Waals surface area contributed by atoms with Crippen molar-refractivity contribution in [3.05, 3.63) is 245 Å². The second-order valence-electron chi connectivity index (χ2n) is 14.0. The highest BCUT2D eigenvalue weighted by molar-refractivity contribution is 5.88.